The molecule has 0 saturated carbocycles. The van der Waals surface area contributed by atoms with Gasteiger partial charge in [0.15, 0.2) is 5.69 Å². The van der Waals surface area contributed by atoms with E-state index in [1.807, 2.05) is 0 Å². The van der Waals surface area contributed by atoms with Crippen LogP contribution in [-0.4, -0.2) is 32.7 Å². The summed E-state index contributed by atoms with van der Waals surface area (Å²) in [4.78, 5) is 16.0. The number of pyridine rings is 1. The lowest BCUT2D eigenvalue weighted by Crippen LogP contribution is -2.29. The molecule has 0 fully saturated rings. The maximum atomic E-state index is 12.1. The first kappa shape index (κ1) is 12.8. The standard InChI is InChI=1S/C14H16N4O2/c19-12(9-3-2-6-15-7-9)8-16-14(20)13-10-4-1-5-11(10)17-18-13/h2-3,6-7,12,19H,1,4-5,8H2,(H,16,20)(H,17,18). The summed E-state index contributed by atoms with van der Waals surface area (Å²) in [7, 11) is 0. The molecule has 1 aliphatic rings. The summed E-state index contributed by atoms with van der Waals surface area (Å²) in [5.74, 6) is -0.243. The minimum absolute atomic E-state index is 0.145. The molecule has 0 bridgehead atoms. The Morgan fingerprint density at radius 1 is 1.50 bits per heavy atom. The highest BCUT2D eigenvalue weighted by Crippen LogP contribution is 2.22. The van der Waals surface area contributed by atoms with Crippen molar-refractivity contribution >= 4 is 5.91 Å². The summed E-state index contributed by atoms with van der Waals surface area (Å²) < 4.78 is 0. The first-order valence-corrected chi connectivity index (χ1v) is 6.68. The molecule has 2 aromatic heterocycles. The molecular weight excluding hydrogens is 256 g/mol. The molecule has 104 valence electrons. The Morgan fingerprint density at radius 2 is 2.40 bits per heavy atom. The predicted octanol–water partition coefficient (Wildman–Crippen LogP) is 0.757. The minimum Gasteiger partial charge on any atom is -0.387 e. The lowest BCUT2D eigenvalue weighted by atomic mass is 10.1. The maximum Gasteiger partial charge on any atom is 0.272 e. The number of carbonyl (C=O) groups excluding carboxylic acids is 1. The Hall–Kier alpha value is -2.21. The lowest BCUT2D eigenvalue weighted by molar-refractivity contribution is 0.0910. The van der Waals surface area contributed by atoms with Gasteiger partial charge in [-0.2, -0.15) is 5.10 Å². The van der Waals surface area contributed by atoms with E-state index in [9.17, 15) is 9.90 Å². The van der Waals surface area contributed by atoms with Gasteiger partial charge in [0.2, 0.25) is 0 Å². The van der Waals surface area contributed by atoms with Crippen molar-refractivity contribution < 1.29 is 9.90 Å². The van der Waals surface area contributed by atoms with E-state index in [2.05, 4.69) is 20.5 Å². The number of hydrogen-bond acceptors (Lipinski definition) is 4. The quantitative estimate of drug-likeness (QED) is 0.766. The van der Waals surface area contributed by atoms with E-state index >= 15 is 0 Å². The Morgan fingerprint density at radius 3 is 3.20 bits per heavy atom. The summed E-state index contributed by atoms with van der Waals surface area (Å²) in [5, 5.41) is 19.7. The number of hydrogen-bond donors (Lipinski definition) is 3. The molecule has 0 saturated heterocycles. The molecular formula is C14H16N4O2. The van der Waals surface area contributed by atoms with E-state index in [1.165, 1.54) is 0 Å². The molecule has 0 spiro atoms. The number of nitrogens with zero attached hydrogens (tertiary/aromatic N) is 2. The Balaban J connectivity index is 1.62. The second-order valence-corrected chi connectivity index (χ2v) is 4.90. The van der Waals surface area contributed by atoms with Crippen LogP contribution in [0.3, 0.4) is 0 Å². The van der Waals surface area contributed by atoms with Gasteiger partial charge in [0.1, 0.15) is 0 Å². The van der Waals surface area contributed by atoms with Crippen molar-refractivity contribution in [2.45, 2.75) is 25.4 Å². The summed E-state index contributed by atoms with van der Waals surface area (Å²) in [6, 6.07) is 3.52. The van der Waals surface area contributed by atoms with Crippen LogP contribution in [0.4, 0.5) is 0 Å². The molecule has 3 N–H and O–H groups in total. The third-order valence-corrected chi connectivity index (χ3v) is 3.55. The van der Waals surface area contributed by atoms with E-state index < -0.39 is 6.10 Å². The van der Waals surface area contributed by atoms with Crippen LogP contribution in [-0.2, 0) is 12.8 Å². The Labute approximate surface area is 116 Å². The fourth-order valence-electron chi connectivity index (χ4n) is 2.47. The topological polar surface area (TPSA) is 90.9 Å². The molecule has 3 rings (SSSR count). The summed E-state index contributed by atoms with van der Waals surface area (Å²) in [6.45, 7) is 0.145. The van der Waals surface area contributed by atoms with Gasteiger partial charge in [-0.3, -0.25) is 14.9 Å². The number of aromatic nitrogens is 3. The summed E-state index contributed by atoms with van der Waals surface area (Å²) in [5.41, 5.74) is 3.21. The SMILES string of the molecule is O=C(NCC(O)c1cccnc1)c1n[nH]c2c1CCC2. The van der Waals surface area contributed by atoms with Gasteiger partial charge in [-0.25, -0.2) is 0 Å². The highest BCUT2D eigenvalue weighted by molar-refractivity contribution is 5.94. The molecule has 1 amide bonds. The Bertz CT molecular complexity index is 609. The number of H-pyrrole nitrogens is 1. The van der Waals surface area contributed by atoms with Crippen LogP contribution in [0.5, 0.6) is 0 Å². The van der Waals surface area contributed by atoms with E-state index in [-0.39, 0.29) is 12.5 Å². The number of amides is 1. The van der Waals surface area contributed by atoms with Crippen LogP contribution >= 0.6 is 0 Å². The van der Waals surface area contributed by atoms with Crippen molar-refractivity contribution in [1.82, 2.24) is 20.5 Å². The average Bonchev–Trinajstić information content (AvgIpc) is 3.08. The monoisotopic (exact) mass is 272 g/mol. The number of rotatable bonds is 4. The van der Waals surface area contributed by atoms with Crippen LogP contribution in [0.25, 0.3) is 0 Å². The lowest BCUT2D eigenvalue weighted by Gasteiger charge is -2.11. The van der Waals surface area contributed by atoms with Crippen molar-refractivity contribution in [2.24, 2.45) is 0 Å². The molecule has 2 aromatic rings. The zero-order chi connectivity index (χ0) is 13.9. The molecule has 20 heavy (non-hydrogen) atoms. The largest absolute Gasteiger partial charge is 0.387 e. The van der Waals surface area contributed by atoms with Gasteiger partial charge in [0, 0.05) is 35.8 Å². The smallest absolute Gasteiger partial charge is 0.272 e. The molecule has 6 heteroatoms. The molecule has 6 nitrogen and oxygen atoms in total. The van der Waals surface area contributed by atoms with Crippen LogP contribution in [0, 0.1) is 0 Å². The third kappa shape index (κ3) is 2.42. The van der Waals surface area contributed by atoms with E-state index in [1.54, 1.807) is 24.5 Å². The van der Waals surface area contributed by atoms with Crippen molar-refractivity contribution in [2.75, 3.05) is 6.54 Å². The molecule has 1 unspecified atom stereocenters. The molecule has 0 radical (unpaired) electrons. The van der Waals surface area contributed by atoms with Crippen LogP contribution in [0.2, 0.25) is 0 Å². The number of carbonyl (C=O) groups is 1. The zero-order valence-corrected chi connectivity index (χ0v) is 11.0. The number of fused-ring (bicyclic) bond motifs is 1. The van der Waals surface area contributed by atoms with Crippen LogP contribution in [0.15, 0.2) is 24.5 Å². The zero-order valence-electron chi connectivity index (χ0n) is 11.0. The van der Waals surface area contributed by atoms with Crippen molar-refractivity contribution in [3.05, 3.63) is 47.0 Å². The van der Waals surface area contributed by atoms with Crippen molar-refractivity contribution in [3.8, 4) is 0 Å². The second-order valence-electron chi connectivity index (χ2n) is 4.90. The maximum absolute atomic E-state index is 12.1. The van der Waals surface area contributed by atoms with Gasteiger partial charge in [0.25, 0.3) is 5.91 Å². The first-order chi connectivity index (χ1) is 9.75. The molecule has 1 aliphatic carbocycles. The number of aromatic amines is 1. The fourth-order valence-corrected chi connectivity index (χ4v) is 2.47. The van der Waals surface area contributed by atoms with Gasteiger partial charge in [-0.15, -0.1) is 0 Å². The third-order valence-electron chi connectivity index (χ3n) is 3.55. The van der Waals surface area contributed by atoms with E-state index in [0.717, 1.165) is 30.5 Å². The molecule has 1 atom stereocenters. The predicted molar refractivity (Wildman–Crippen MR) is 72.1 cm³/mol. The summed E-state index contributed by atoms with van der Waals surface area (Å²) in [6.07, 6.45) is 5.36. The second kappa shape index (κ2) is 5.42. The van der Waals surface area contributed by atoms with Gasteiger partial charge in [-0.05, 0) is 25.3 Å². The van der Waals surface area contributed by atoms with Gasteiger partial charge in [-0.1, -0.05) is 6.07 Å². The van der Waals surface area contributed by atoms with Crippen LogP contribution < -0.4 is 5.32 Å². The van der Waals surface area contributed by atoms with Crippen molar-refractivity contribution in [3.63, 3.8) is 0 Å². The highest BCUT2D eigenvalue weighted by Gasteiger charge is 2.23. The number of nitrogens with one attached hydrogen (secondary N) is 2. The highest BCUT2D eigenvalue weighted by atomic mass is 16.3. The molecule has 0 aromatic carbocycles. The fraction of sp³-hybridized carbons (Fsp3) is 0.357. The molecule has 0 aliphatic heterocycles. The van der Waals surface area contributed by atoms with E-state index in [0.29, 0.717) is 11.3 Å². The number of aryl methyl sites for hydroxylation is 1. The Kier molecular flexibility index (Phi) is 3.47. The molecule has 2 heterocycles. The number of aliphatic hydroxyl groups is 1. The average molecular weight is 272 g/mol. The minimum atomic E-state index is -0.764. The van der Waals surface area contributed by atoms with Crippen LogP contribution in [0.1, 0.15) is 39.8 Å². The number of aliphatic hydroxyl groups excluding tert-OH is 1. The van der Waals surface area contributed by atoms with Gasteiger partial charge < -0.3 is 10.4 Å². The van der Waals surface area contributed by atoms with Gasteiger partial charge in [0.05, 0.1) is 6.10 Å². The van der Waals surface area contributed by atoms with Crippen molar-refractivity contribution in [1.29, 1.82) is 0 Å². The first-order valence-electron chi connectivity index (χ1n) is 6.68. The van der Waals surface area contributed by atoms with Gasteiger partial charge >= 0.3 is 0 Å². The summed E-state index contributed by atoms with van der Waals surface area (Å²) >= 11 is 0. The normalized spacial score (nSPS) is 14.8. The van der Waals surface area contributed by atoms with E-state index in [4.69, 9.17) is 0 Å².